The molecule has 0 radical (unpaired) electrons. The maximum Gasteiger partial charge on any atom is 0.421 e. The van der Waals surface area contributed by atoms with E-state index in [1.54, 1.807) is 32.0 Å². The molecule has 2 aromatic carbocycles. The van der Waals surface area contributed by atoms with E-state index in [0.29, 0.717) is 17.4 Å². The lowest BCUT2D eigenvalue weighted by molar-refractivity contribution is -0.137. The molecule has 2 aromatic heterocycles. The Morgan fingerprint density at radius 2 is 1.75 bits per heavy atom. The van der Waals surface area contributed by atoms with Gasteiger partial charge in [-0.25, -0.2) is 9.78 Å². The van der Waals surface area contributed by atoms with Crippen LogP contribution in [0.5, 0.6) is 11.6 Å². The summed E-state index contributed by atoms with van der Waals surface area (Å²) in [4.78, 5) is 20.2. The standard InChI is InChI=1S/C28H31F3N5O7P/c1-6-42-44(39,43-7-2)15-16-8-10-20(22(12-16)40-4)34-27-32-13-19(28(29,30)31)24(35-27)33-21-11-9-17(26(38)41-5)18-14-36(3)25(37)23(18)21/h8-14,37H,6-7,15H2,1-5H3,(H2,32,33,34,35). The second kappa shape index (κ2) is 13.1. The Kier molecular flexibility index (Phi) is 9.72. The van der Waals surface area contributed by atoms with Crippen LogP contribution in [0.3, 0.4) is 0 Å². The number of alkyl halides is 3. The summed E-state index contributed by atoms with van der Waals surface area (Å²) >= 11 is 0. The van der Waals surface area contributed by atoms with E-state index in [1.165, 1.54) is 44.2 Å². The molecule has 44 heavy (non-hydrogen) atoms. The number of rotatable bonds is 12. The normalized spacial score (nSPS) is 11.9. The molecule has 0 spiro atoms. The molecule has 4 rings (SSSR count). The van der Waals surface area contributed by atoms with E-state index >= 15 is 0 Å². The minimum atomic E-state index is -4.83. The van der Waals surface area contributed by atoms with Gasteiger partial charge in [0.2, 0.25) is 11.8 Å². The number of hydrogen-bond acceptors (Lipinski definition) is 11. The van der Waals surface area contributed by atoms with Gasteiger partial charge in [-0.3, -0.25) is 4.57 Å². The summed E-state index contributed by atoms with van der Waals surface area (Å²) in [7, 11) is 0.693. The van der Waals surface area contributed by atoms with Crippen LogP contribution in [0.2, 0.25) is 0 Å². The molecule has 0 amide bonds. The number of benzene rings is 2. The van der Waals surface area contributed by atoms with Crippen molar-refractivity contribution in [1.29, 1.82) is 0 Å². The van der Waals surface area contributed by atoms with Crippen LogP contribution in [-0.2, 0) is 37.7 Å². The fourth-order valence-corrected chi connectivity index (χ4v) is 6.18. The molecule has 0 aliphatic rings. The van der Waals surface area contributed by atoms with Gasteiger partial charge in [-0.1, -0.05) is 6.07 Å². The number of anilines is 4. The lowest BCUT2D eigenvalue weighted by Gasteiger charge is -2.18. The molecule has 2 heterocycles. The number of aryl methyl sites for hydroxylation is 1. The number of halogens is 3. The number of esters is 1. The van der Waals surface area contributed by atoms with Gasteiger partial charge in [0, 0.05) is 24.8 Å². The topological polar surface area (TPSA) is 146 Å². The number of aromatic nitrogens is 3. The number of ether oxygens (including phenoxy) is 2. The van der Waals surface area contributed by atoms with Crippen LogP contribution in [0.15, 0.2) is 42.7 Å². The van der Waals surface area contributed by atoms with Gasteiger partial charge in [0.1, 0.15) is 17.1 Å². The molecule has 3 N–H and O–H groups in total. The predicted octanol–water partition coefficient (Wildman–Crippen LogP) is 6.74. The highest BCUT2D eigenvalue weighted by atomic mass is 31.2. The number of methoxy groups -OCH3 is 2. The highest BCUT2D eigenvalue weighted by Crippen LogP contribution is 2.52. The van der Waals surface area contributed by atoms with E-state index in [1.807, 2.05) is 0 Å². The van der Waals surface area contributed by atoms with Crippen molar-refractivity contribution >= 4 is 47.5 Å². The number of hydrogen-bond donors (Lipinski definition) is 3. The number of nitrogens with zero attached hydrogens (tertiary/aromatic N) is 3. The van der Waals surface area contributed by atoms with E-state index in [2.05, 4.69) is 20.6 Å². The molecule has 16 heteroatoms. The SMILES string of the molecule is CCOP(=O)(Cc1ccc(Nc2ncc(C(F)(F)F)c(Nc3ccc(C(=O)OC)c4cn(C)c(O)c34)n2)c(OC)c1)OCC. The Bertz CT molecular complexity index is 1720. The van der Waals surface area contributed by atoms with Gasteiger partial charge in [-0.2, -0.15) is 18.2 Å². The average Bonchev–Trinajstić information content (AvgIpc) is 3.27. The van der Waals surface area contributed by atoms with Gasteiger partial charge in [0.05, 0.1) is 55.9 Å². The van der Waals surface area contributed by atoms with Gasteiger partial charge in [0.15, 0.2) is 0 Å². The van der Waals surface area contributed by atoms with Crippen molar-refractivity contribution < 1.29 is 46.2 Å². The number of nitrogens with one attached hydrogen (secondary N) is 2. The average molecular weight is 638 g/mol. The molecular weight excluding hydrogens is 606 g/mol. The second-order valence-electron chi connectivity index (χ2n) is 9.35. The third-order valence-electron chi connectivity index (χ3n) is 6.42. The number of fused-ring (bicyclic) bond motifs is 1. The fourth-order valence-electron chi connectivity index (χ4n) is 4.49. The van der Waals surface area contributed by atoms with E-state index in [9.17, 15) is 27.6 Å². The Labute approximate surface area is 250 Å². The van der Waals surface area contributed by atoms with Crippen LogP contribution in [0.1, 0.15) is 35.3 Å². The lowest BCUT2D eigenvalue weighted by atomic mass is 10.1. The zero-order valence-corrected chi connectivity index (χ0v) is 25.4. The zero-order chi connectivity index (χ0) is 32.2. The summed E-state index contributed by atoms with van der Waals surface area (Å²) in [6.07, 6.45) is -2.79. The molecule has 0 atom stereocenters. The van der Waals surface area contributed by atoms with E-state index in [0.717, 1.165) is 0 Å². The molecule has 12 nitrogen and oxygen atoms in total. The molecule has 0 aliphatic heterocycles. The van der Waals surface area contributed by atoms with Crippen molar-refractivity contribution in [3.05, 3.63) is 59.4 Å². The fraction of sp³-hybridized carbons (Fsp3) is 0.321. The zero-order valence-electron chi connectivity index (χ0n) is 24.5. The van der Waals surface area contributed by atoms with Crippen LogP contribution >= 0.6 is 7.60 Å². The Hall–Kier alpha value is -4.33. The molecule has 236 valence electrons. The summed E-state index contributed by atoms with van der Waals surface area (Å²) < 4.78 is 77.3. The quantitative estimate of drug-likeness (QED) is 0.112. The number of aromatic hydroxyl groups is 1. The monoisotopic (exact) mass is 637 g/mol. The van der Waals surface area contributed by atoms with Crippen LogP contribution in [0, 0.1) is 0 Å². The highest BCUT2D eigenvalue weighted by molar-refractivity contribution is 7.53. The van der Waals surface area contributed by atoms with Crippen molar-refractivity contribution in [2.45, 2.75) is 26.2 Å². The highest BCUT2D eigenvalue weighted by Gasteiger charge is 2.36. The molecule has 0 aliphatic carbocycles. The molecule has 4 aromatic rings. The van der Waals surface area contributed by atoms with E-state index in [-0.39, 0.29) is 59.0 Å². The van der Waals surface area contributed by atoms with Gasteiger partial charge in [-0.05, 0) is 43.7 Å². The van der Waals surface area contributed by atoms with Gasteiger partial charge >= 0.3 is 19.7 Å². The minimum absolute atomic E-state index is 0.0221. The summed E-state index contributed by atoms with van der Waals surface area (Å²) in [5.74, 6) is -1.53. The molecule has 0 saturated heterocycles. The van der Waals surface area contributed by atoms with Crippen LogP contribution in [-0.4, -0.2) is 53.0 Å². The summed E-state index contributed by atoms with van der Waals surface area (Å²) in [6.45, 7) is 3.80. The smallest absolute Gasteiger partial charge is 0.421 e. The van der Waals surface area contributed by atoms with Crippen LogP contribution in [0.25, 0.3) is 10.8 Å². The molecule has 0 fully saturated rings. The first-order chi connectivity index (χ1) is 20.8. The Balaban J connectivity index is 1.72. The van der Waals surface area contributed by atoms with Crippen molar-refractivity contribution in [2.24, 2.45) is 7.05 Å². The first-order valence-corrected chi connectivity index (χ1v) is 15.0. The number of carbonyl (C=O) groups is 1. The van der Waals surface area contributed by atoms with Crippen molar-refractivity contribution in [3.8, 4) is 11.6 Å². The molecule has 0 saturated carbocycles. The maximum absolute atomic E-state index is 14.0. The molecule has 0 unspecified atom stereocenters. The Morgan fingerprint density at radius 1 is 1.07 bits per heavy atom. The summed E-state index contributed by atoms with van der Waals surface area (Å²) in [5.41, 5.74) is -0.116. The van der Waals surface area contributed by atoms with Crippen LogP contribution < -0.4 is 15.4 Å². The lowest BCUT2D eigenvalue weighted by Crippen LogP contribution is -2.13. The second-order valence-corrected chi connectivity index (χ2v) is 11.4. The minimum Gasteiger partial charge on any atom is -0.495 e. The van der Waals surface area contributed by atoms with Crippen LogP contribution in [0.4, 0.5) is 36.3 Å². The van der Waals surface area contributed by atoms with E-state index in [4.69, 9.17) is 18.5 Å². The third kappa shape index (κ3) is 6.90. The molecule has 0 bridgehead atoms. The first kappa shape index (κ1) is 32.6. The summed E-state index contributed by atoms with van der Waals surface area (Å²) in [6, 6.07) is 7.51. The summed E-state index contributed by atoms with van der Waals surface area (Å²) in [5, 5.41) is 16.5. The largest absolute Gasteiger partial charge is 0.495 e. The Morgan fingerprint density at radius 3 is 2.36 bits per heavy atom. The van der Waals surface area contributed by atoms with Gasteiger partial charge < -0.3 is 38.8 Å². The predicted molar refractivity (Wildman–Crippen MR) is 157 cm³/mol. The van der Waals surface area contributed by atoms with Crippen molar-refractivity contribution in [3.63, 3.8) is 0 Å². The van der Waals surface area contributed by atoms with Gasteiger partial charge in [0.25, 0.3) is 0 Å². The van der Waals surface area contributed by atoms with E-state index < -0.39 is 31.1 Å². The van der Waals surface area contributed by atoms with Gasteiger partial charge in [-0.15, -0.1) is 0 Å². The number of carbonyl (C=O) groups excluding carboxylic acids is 1. The third-order valence-corrected chi connectivity index (χ3v) is 8.47. The maximum atomic E-state index is 14.0. The first-order valence-electron chi connectivity index (χ1n) is 13.3. The molecular formula is C28H31F3N5O7P. The van der Waals surface area contributed by atoms with Crippen molar-refractivity contribution in [2.75, 3.05) is 38.1 Å². The van der Waals surface area contributed by atoms with Crippen molar-refractivity contribution in [1.82, 2.24) is 14.5 Å².